The Morgan fingerprint density at radius 2 is 2.25 bits per heavy atom. The summed E-state index contributed by atoms with van der Waals surface area (Å²) in [5.41, 5.74) is 4.87. The lowest BCUT2D eigenvalue weighted by atomic mass is 10.1. The molecule has 1 amide bonds. The van der Waals surface area contributed by atoms with Gasteiger partial charge in [0.05, 0.1) is 5.56 Å². The van der Waals surface area contributed by atoms with Crippen LogP contribution in [0.2, 0.25) is 0 Å². The fourth-order valence-corrected chi connectivity index (χ4v) is 0.764. The van der Waals surface area contributed by atoms with Crippen molar-refractivity contribution in [1.29, 1.82) is 5.26 Å². The number of nitrogens with two attached hydrogens (primary N) is 1. The zero-order chi connectivity index (χ0) is 9.14. The Hall–Kier alpha value is -1.89. The van der Waals surface area contributed by atoms with E-state index in [1.165, 1.54) is 6.07 Å². The van der Waals surface area contributed by atoms with E-state index in [2.05, 4.69) is 0 Å². The van der Waals surface area contributed by atoms with Crippen molar-refractivity contribution in [1.82, 2.24) is 0 Å². The van der Waals surface area contributed by atoms with E-state index in [-0.39, 0.29) is 11.1 Å². The van der Waals surface area contributed by atoms with Gasteiger partial charge in [0.25, 0.3) is 0 Å². The first kappa shape index (κ1) is 8.21. The molecule has 1 aromatic rings. The first-order valence-corrected chi connectivity index (χ1v) is 3.14. The highest BCUT2D eigenvalue weighted by molar-refractivity contribution is 5.93. The van der Waals surface area contributed by atoms with Crippen molar-refractivity contribution < 1.29 is 9.18 Å². The van der Waals surface area contributed by atoms with Crippen molar-refractivity contribution in [3.8, 4) is 6.07 Å². The zero-order valence-electron chi connectivity index (χ0n) is 6.04. The minimum Gasteiger partial charge on any atom is -0.366 e. The van der Waals surface area contributed by atoms with E-state index in [4.69, 9.17) is 11.0 Å². The number of primary amides is 1. The topological polar surface area (TPSA) is 66.9 Å². The van der Waals surface area contributed by atoms with E-state index in [0.29, 0.717) is 0 Å². The number of benzene rings is 1. The highest BCUT2D eigenvalue weighted by Gasteiger charge is 2.05. The summed E-state index contributed by atoms with van der Waals surface area (Å²) in [6.45, 7) is 0. The van der Waals surface area contributed by atoms with Gasteiger partial charge in [-0.2, -0.15) is 5.26 Å². The van der Waals surface area contributed by atoms with Gasteiger partial charge in [0.1, 0.15) is 11.9 Å². The molecule has 60 valence electrons. The van der Waals surface area contributed by atoms with Gasteiger partial charge in [0.15, 0.2) is 0 Å². The summed E-state index contributed by atoms with van der Waals surface area (Å²) in [7, 11) is 0. The Labute approximate surface area is 68.2 Å². The van der Waals surface area contributed by atoms with Crippen molar-refractivity contribution in [3.05, 3.63) is 35.1 Å². The number of halogens is 1. The zero-order valence-corrected chi connectivity index (χ0v) is 6.04. The van der Waals surface area contributed by atoms with Gasteiger partial charge in [0.2, 0.25) is 5.91 Å². The van der Waals surface area contributed by atoms with Crippen LogP contribution in [0.15, 0.2) is 18.2 Å². The highest BCUT2D eigenvalue weighted by atomic mass is 19.1. The molecule has 2 N–H and O–H groups in total. The van der Waals surface area contributed by atoms with Crippen LogP contribution < -0.4 is 5.73 Å². The summed E-state index contributed by atoms with van der Waals surface area (Å²) in [5, 5.41) is 8.38. The Bertz CT molecular complexity index is 368. The van der Waals surface area contributed by atoms with Crippen LogP contribution in [0.4, 0.5) is 4.39 Å². The van der Waals surface area contributed by atoms with Gasteiger partial charge in [-0.3, -0.25) is 4.79 Å². The normalized spacial score (nSPS) is 9.00. The lowest BCUT2D eigenvalue weighted by Crippen LogP contribution is -2.11. The monoisotopic (exact) mass is 164 g/mol. The van der Waals surface area contributed by atoms with Gasteiger partial charge in [-0.05, 0) is 18.2 Å². The van der Waals surface area contributed by atoms with E-state index in [1.807, 2.05) is 0 Å². The molecule has 0 radical (unpaired) electrons. The molecular formula is C8H5FN2O. The van der Waals surface area contributed by atoms with Crippen molar-refractivity contribution in [2.75, 3.05) is 0 Å². The second-order valence-electron chi connectivity index (χ2n) is 2.17. The van der Waals surface area contributed by atoms with Crippen LogP contribution in [0, 0.1) is 17.1 Å². The van der Waals surface area contributed by atoms with Crippen LogP contribution >= 0.6 is 0 Å². The quantitative estimate of drug-likeness (QED) is 0.666. The van der Waals surface area contributed by atoms with Crippen LogP contribution in [0.5, 0.6) is 0 Å². The summed E-state index contributed by atoms with van der Waals surface area (Å²) in [4.78, 5) is 10.6. The number of carbonyl (C=O) groups excluding carboxylic acids is 1. The molecule has 4 heteroatoms. The van der Waals surface area contributed by atoms with Gasteiger partial charge >= 0.3 is 0 Å². The molecule has 0 aliphatic carbocycles. The standard InChI is InChI=1S/C8H5FN2O/c9-7-2-1-5(8(11)12)3-6(7)4-10/h1-3H,(H2,11,12). The minimum atomic E-state index is -0.675. The number of nitrogens with zero attached hydrogens (tertiary/aromatic N) is 1. The van der Waals surface area contributed by atoms with Gasteiger partial charge in [0, 0.05) is 5.56 Å². The molecule has 0 aliphatic heterocycles. The number of rotatable bonds is 1. The molecule has 0 saturated heterocycles. The Morgan fingerprint density at radius 3 is 2.75 bits per heavy atom. The fourth-order valence-electron chi connectivity index (χ4n) is 0.764. The maximum Gasteiger partial charge on any atom is 0.248 e. The molecular weight excluding hydrogens is 159 g/mol. The smallest absolute Gasteiger partial charge is 0.248 e. The highest BCUT2D eigenvalue weighted by Crippen LogP contribution is 2.08. The molecule has 1 rings (SSSR count). The lowest BCUT2D eigenvalue weighted by molar-refractivity contribution is 0.1000. The fraction of sp³-hybridized carbons (Fsp3) is 0. The Kier molecular flexibility index (Phi) is 2.06. The number of carbonyl (C=O) groups is 1. The average molecular weight is 164 g/mol. The van der Waals surface area contributed by atoms with Crippen LogP contribution in [0.25, 0.3) is 0 Å². The van der Waals surface area contributed by atoms with Gasteiger partial charge in [-0.25, -0.2) is 4.39 Å². The summed E-state index contributed by atoms with van der Waals surface area (Å²) in [6.07, 6.45) is 0. The number of amides is 1. The molecule has 12 heavy (non-hydrogen) atoms. The SMILES string of the molecule is N#Cc1cc(C(N)=O)ccc1F. The summed E-state index contributed by atoms with van der Waals surface area (Å²) < 4.78 is 12.7. The molecule has 0 aliphatic rings. The number of hydrogen-bond acceptors (Lipinski definition) is 2. The Balaban J connectivity index is 3.25. The van der Waals surface area contributed by atoms with Crippen molar-refractivity contribution in [3.63, 3.8) is 0 Å². The van der Waals surface area contributed by atoms with Gasteiger partial charge < -0.3 is 5.73 Å². The molecule has 0 saturated carbocycles. The molecule has 0 heterocycles. The minimum absolute atomic E-state index is 0.132. The van der Waals surface area contributed by atoms with Crippen LogP contribution in [0.1, 0.15) is 15.9 Å². The maximum absolute atomic E-state index is 12.7. The van der Waals surface area contributed by atoms with Crippen LogP contribution in [-0.2, 0) is 0 Å². The first-order chi connectivity index (χ1) is 5.65. The predicted molar refractivity (Wildman–Crippen MR) is 39.6 cm³/mol. The molecule has 0 atom stereocenters. The molecule has 0 unspecified atom stereocenters. The third kappa shape index (κ3) is 1.40. The average Bonchev–Trinajstić information content (AvgIpc) is 2.05. The van der Waals surface area contributed by atoms with E-state index in [1.54, 1.807) is 6.07 Å². The van der Waals surface area contributed by atoms with Crippen LogP contribution in [0.3, 0.4) is 0 Å². The molecule has 1 aromatic carbocycles. The van der Waals surface area contributed by atoms with Gasteiger partial charge in [-0.1, -0.05) is 0 Å². The van der Waals surface area contributed by atoms with E-state index >= 15 is 0 Å². The molecule has 0 aromatic heterocycles. The number of hydrogen-bond donors (Lipinski definition) is 1. The summed E-state index contributed by atoms with van der Waals surface area (Å²) in [5.74, 6) is -1.33. The second kappa shape index (κ2) is 3.01. The third-order valence-electron chi connectivity index (χ3n) is 1.37. The Morgan fingerprint density at radius 1 is 1.58 bits per heavy atom. The van der Waals surface area contributed by atoms with Crippen LogP contribution in [-0.4, -0.2) is 5.91 Å². The van der Waals surface area contributed by atoms with Crippen molar-refractivity contribution in [2.45, 2.75) is 0 Å². The molecule has 3 nitrogen and oxygen atoms in total. The van der Waals surface area contributed by atoms with Crippen molar-refractivity contribution >= 4 is 5.91 Å². The number of nitriles is 1. The largest absolute Gasteiger partial charge is 0.366 e. The lowest BCUT2D eigenvalue weighted by Gasteiger charge is -1.95. The van der Waals surface area contributed by atoms with Crippen molar-refractivity contribution in [2.24, 2.45) is 5.73 Å². The van der Waals surface area contributed by atoms with E-state index < -0.39 is 11.7 Å². The molecule has 0 spiro atoms. The first-order valence-electron chi connectivity index (χ1n) is 3.14. The molecule has 0 bridgehead atoms. The predicted octanol–water partition coefficient (Wildman–Crippen LogP) is 0.796. The third-order valence-corrected chi connectivity index (χ3v) is 1.37. The summed E-state index contributed by atoms with van der Waals surface area (Å²) >= 11 is 0. The van der Waals surface area contributed by atoms with E-state index in [9.17, 15) is 9.18 Å². The van der Waals surface area contributed by atoms with Gasteiger partial charge in [-0.15, -0.1) is 0 Å². The summed E-state index contributed by atoms with van der Waals surface area (Å²) in [6, 6.07) is 5.01. The second-order valence-corrected chi connectivity index (χ2v) is 2.17. The van der Waals surface area contributed by atoms with E-state index in [0.717, 1.165) is 12.1 Å². The maximum atomic E-state index is 12.7. The molecule has 0 fully saturated rings.